The Balaban J connectivity index is 1.50. The molecular formula is C23H32N4O3. The normalized spacial score (nSPS) is 19.9. The van der Waals surface area contributed by atoms with Crippen molar-refractivity contribution in [2.24, 2.45) is 0 Å². The molecule has 2 aliphatic rings. The van der Waals surface area contributed by atoms with Crippen molar-refractivity contribution in [3.8, 4) is 17.4 Å². The number of aromatic nitrogens is 2. The number of benzene rings is 1. The molecule has 1 atom stereocenters. The van der Waals surface area contributed by atoms with E-state index in [4.69, 9.17) is 9.72 Å². The van der Waals surface area contributed by atoms with Gasteiger partial charge in [0.15, 0.2) is 11.5 Å². The second kappa shape index (κ2) is 9.08. The molecule has 0 aliphatic carbocycles. The van der Waals surface area contributed by atoms with Crippen molar-refractivity contribution in [3.05, 3.63) is 35.0 Å². The molecule has 2 fully saturated rings. The van der Waals surface area contributed by atoms with E-state index in [1.807, 2.05) is 13.0 Å². The number of aryl methyl sites for hydroxylation is 1. The average Bonchev–Trinajstić information content (AvgIpc) is 3.29. The lowest BCUT2D eigenvalue weighted by Gasteiger charge is -2.33. The summed E-state index contributed by atoms with van der Waals surface area (Å²) in [6, 6.07) is 5.73. The predicted octanol–water partition coefficient (Wildman–Crippen LogP) is 3.44. The van der Waals surface area contributed by atoms with Crippen molar-refractivity contribution < 1.29 is 14.9 Å². The highest BCUT2D eigenvalue weighted by atomic mass is 16.5. The van der Waals surface area contributed by atoms with Crippen LogP contribution in [0.5, 0.6) is 17.4 Å². The predicted molar refractivity (Wildman–Crippen MR) is 116 cm³/mol. The van der Waals surface area contributed by atoms with Gasteiger partial charge in [-0.25, -0.2) is 4.98 Å². The number of ether oxygens (including phenoxy) is 1. The first-order valence-corrected chi connectivity index (χ1v) is 11.0. The van der Waals surface area contributed by atoms with Crippen molar-refractivity contribution in [2.75, 3.05) is 38.2 Å². The zero-order valence-corrected chi connectivity index (χ0v) is 18.0. The van der Waals surface area contributed by atoms with Crippen LogP contribution in [0.1, 0.15) is 55.3 Å². The Kier molecular flexibility index (Phi) is 6.27. The van der Waals surface area contributed by atoms with E-state index >= 15 is 0 Å². The van der Waals surface area contributed by atoms with E-state index in [9.17, 15) is 10.2 Å². The number of hydrogen-bond acceptors (Lipinski definition) is 7. The first-order chi connectivity index (χ1) is 14.6. The molecule has 0 bridgehead atoms. The molecule has 4 rings (SSSR count). The first kappa shape index (κ1) is 20.7. The number of phenols is 1. The third kappa shape index (κ3) is 4.46. The minimum absolute atomic E-state index is 0.0647. The third-order valence-electron chi connectivity index (χ3n) is 6.25. The van der Waals surface area contributed by atoms with Gasteiger partial charge in [0, 0.05) is 38.2 Å². The van der Waals surface area contributed by atoms with Gasteiger partial charge in [-0.15, -0.1) is 0 Å². The minimum Gasteiger partial charge on any atom is -0.504 e. The lowest BCUT2D eigenvalue weighted by molar-refractivity contribution is 0.198. The maximum absolute atomic E-state index is 10.3. The van der Waals surface area contributed by atoms with Crippen LogP contribution >= 0.6 is 0 Å². The van der Waals surface area contributed by atoms with Crippen LogP contribution in [0.3, 0.4) is 0 Å². The number of piperidine rings is 1. The summed E-state index contributed by atoms with van der Waals surface area (Å²) in [5.41, 5.74) is 2.99. The Labute approximate surface area is 178 Å². The van der Waals surface area contributed by atoms with Gasteiger partial charge in [-0.1, -0.05) is 13.0 Å². The van der Waals surface area contributed by atoms with E-state index in [1.165, 1.54) is 0 Å². The zero-order valence-electron chi connectivity index (χ0n) is 18.0. The number of anilines is 1. The lowest BCUT2D eigenvalue weighted by Crippen LogP contribution is -2.34. The number of likely N-dealkylation sites (tertiary alicyclic amines) is 1. The highest BCUT2D eigenvalue weighted by Gasteiger charge is 2.25. The quantitative estimate of drug-likeness (QED) is 0.752. The number of phenolic OH excluding ortho intramolecular Hbond substituents is 1. The van der Waals surface area contributed by atoms with Gasteiger partial charge >= 0.3 is 0 Å². The van der Waals surface area contributed by atoms with E-state index in [1.54, 1.807) is 13.2 Å². The van der Waals surface area contributed by atoms with Crippen LogP contribution in [-0.4, -0.2) is 58.4 Å². The molecule has 2 aromatic rings. The molecule has 1 aromatic heterocycles. The minimum atomic E-state index is 0.0647. The summed E-state index contributed by atoms with van der Waals surface area (Å²) in [5.74, 6) is 1.78. The maximum Gasteiger partial charge on any atom is 0.228 e. The Morgan fingerprint density at radius 3 is 2.60 bits per heavy atom. The van der Waals surface area contributed by atoms with Crippen molar-refractivity contribution in [2.45, 2.75) is 51.5 Å². The first-order valence-electron chi connectivity index (χ1n) is 11.0. The molecule has 1 aromatic carbocycles. The molecular weight excluding hydrogens is 380 g/mol. The number of nitrogens with zero attached hydrogens (tertiary/aromatic N) is 4. The van der Waals surface area contributed by atoms with Gasteiger partial charge in [0.25, 0.3) is 0 Å². The van der Waals surface area contributed by atoms with E-state index in [0.29, 0.717) is 11.7 Å². The van der Waals surface area contributed by atoms with Crippen LogP contribution in [0.15, 0.2) is 18.2 Å². The number of aromatic hydroxyl groups is 2. The Morgan fingerprint density at radius 2 is 1.87 bits per heavy atom. The van der Waals surface area contributed by atoms with Crippen molar-refractivity contribution in [1.29, 1.82) is 0 Å². The van der Waals surface area contributed by atoms with Gasteiger partial charge in [-0.2, -0.15) is 4.98 Å². The molecule has 30 heavy (non-hydrogen) atoms. The Morgan fingerprint density at radius 1 is 1.07 bits per heavy atom. The van der Waals surface area contributed by atoms with Crippen LogP contribution < -0.4 is 9.64 Å². The molecule has 7 nitrogen and oxygen atoms in total. The molecule has 2 N–H and O–H groups in total. The van der Waals surface area contributed by atoms with E-state index < -0.39 is 0 Å². The average molecular weight is 413 g/mol. The fourth-order valence-corrected chi connectivity index (χ4v) is 4.65. The van der Waals surface area contributed by atoms with Crippen LogP contribution in [0.2, 0.25) is 0 Å². The van der Waals surface area contributed by atoms with Crippen LogP contribution in [0.25, 0.3) is 0 Å². The summed E-state index contributed by atoms with van der Waals surface area (Å²) in [4.78, 5) is 13.7. The van der Waals surface area contributed by atoms with Crippen molar-refractivity contribution >= 4 is 5.95 Å². The molecule has 0 saturated carbocycles. The van der Waals surface area contributed by atoms with Gasteiger partial charge in [0.05, 0.1) is 12.8 Å². The molecule has 0 amide bonds. The maximum atomic E-state index is 10.3. The van der Waals surface area contributed by atoms with Crippen LogP contribution in [0, 0.1) is 0 Å². The summed E-state index contributed by atoms with van der Waals surface area (Å²) in [6.07, 6.45) is 5.22. The van der Waals surface area contributed by atoms with Crippen LogP contribution in [-0.2, 0) is 13.0 Å². The molecule has 7 heteroatoms. The zero-order chi connectivity index (χ0) is 21.1. The Bertz CT molecular complexity index is 858. The summed E-state index contributed by atoms with van der Waals surface area (Å²) in [6.45, 7) is 6.67. The SMILES string of the molecule is CCc1cc(CN2CCCC(c3cc(O)nc(N4CCCC4)n3)C2)cc(OC)c1O. The fraction of sp³-hybridized carbons (Fsp3) is 0.565. The second-order valence-corrected chi connectivity index (χ2v) is 8.38. The van der Waals surface area contributed by atoms with Gasteiger partial charge in [-0.05, 0) is 55.8 Å². The second-order valence-electron chi connectivity index (χ2n) is 8.38. The topological polar surface area (TPSA) is 82.0 Å². The monoisotopic (exact) mass is 412 g/mol. The van der Waals surface area contributed by atoms with Gasteiger partial charge < -0.3 is 19.8 Å². The molecule has 0 spiro atoms. The van der Waals surface area contributed by atoms with Gasteiger partial charge in [-0.3, -0.25) is 4.90 Å². The number of methoxy groups -OCH3 is 1. The number of rotatable bonds is 6. The molecule has 1 unspecified atom stereocenters. The summed E-state index contributed by atoms with van der Waals surface area (Å²) in [7, 11) is 1.59. The van der Waals surface area contributed by atoms with Gasteiger partial charge in [0.1, 0.15) is 0 Å². The standard InChI is InChI=1S/C23H32N4O3/c1-3-17-11-16(12-20(30-2)22(17)29)14-26-8-6-7-18(15-26)19-13-21(28)25-23(24-19)27-9-4-5-10-27/h11-13,18,29H,3-10,14-15H2,1-2H3,(H,24,25,28). The van der Waals surface area contributed by atoms with Crippen molar-refractivity contribution in [1.82, 2.24) is 14.9 Å². The molecule has 0 radical (unpaired) electrons. The van der Waals surface area contributed by atoms with Crippen molar-refractivity contribution in [3.63, 3.8) is 0 Å². The highest BCUT2D eigenvalue weighted by molar-refractivity contribution is 5.48. The smallest absolute Gasteiger partial charge is 0.228 e. The molecule has 2 aliphatic heterocycles. The molecule has 2 saturated heterocycles. The van der Waals surface area contributed by atoms with E-state index in [-0.39, 0.29) is 17.5 Å². The molecule has 3 heterocycles. The Hall–Kier alpha value is -2.54. The lowest BCUT2D eigenvalue weighted by atomic mass is 9.94. The summed E-state index contributed by atoms with van der Waals surface area (Å²) in [5, 5.41) is 20.5. The molecule has 162 valence electrons. The fourth-order valence-electron chi connectivity index (χ4n) is 4.65. The number of hydrogen-bond donors (Lipinski definition) is 2. The van der Waals surface area contributed by atoms with Gasteiger partial charge in [0.2, 0.25) is 11.8 Å². The summed E-state index contributed by atoms with van der Waals surface area (Å²) >= 11 is 0. The summed E-state index contributed by atoms with van der Waals surface area (Å²) < 4.78 is 5.36. The largest absolute Gasteiger partial charge is 0.504 e. The van der Waals surface area contributed by atoms with Crippen LogP contribution in [0.4, 0.5) is 5.95 Å². The van der Waals surface area contributed by atoms with E-state index in [2.05, 4.69) is 20.9 Å². The highest BCUT2D eigenvalue weighted by Crippen LogP contribution is 2.34. The third-order valence-corrected chi connectivity index (χ3v) is 6.25. The van der Waals surface area contributed by atoms with E-state index in [0.717, 1.165) is 81.6 Å².